The van der Waals surface area contributed by atoms with Crippen molar-refractivity contribution < 1.29 is 4.39 Å². The van der Waals surface area contributed by atoms with Gasteiger partial charge in [-0.05, 0) is 45.6 Å². The number of rotatable bonds is 5. The smallest absolute Gasteiger partial charge is 0.142 e. The molecule has 2 unspecified atom stereocenters. The van der Waals surface area contributed by atoms with E-state index >= 15 is 0 Å². The van der Waals surface area contributed by atoms with E-state index in [-0.39, 0.29) is 17.1 Å². The standard InChI is InChI=1S/C13H19Cl2FN2/c1-8(7-18(3)4)17-9(2)10-5-13(16)12(15)6-11(10)14/h5-6,8-9,17H,7H2,1-4H3. The molecule has 0 radical (unpaired) electrons. The highest BCUT2D eigenvalue weighted by molar-refractivity contribution is 6.35. The van der Waals surface area contributed by atoms with Gasteiger partial charge in [-0.15, -0.1) is 0 Å². The molecule has 2 nitrogen and oxygen atoms in total. The van der Waals surface area contributed by atoms with Crippen molar-refractivity contribution in [3.63, 3.8) is 0 Å². The third kappa shape index (κ3) is 4.39. The van der Waals surface area contributed by atoms with Crippen LogP contribution in [0, 0.1) is 5.82 Å². The van der Waals surface area contributed by atoms with Crippen molar-refractivity contribution >= 4 is 23.2 Å². The third-order valence-corrected chi connectivity index (χ3v) is 3.30. The fourth-order valence-electron chi connectivity index (χ4n) is 1.99. The van der Waals surface area contributed by atoms with Crippen LogP contribution in [0.25, 0.3) is 0 Å². The Morgan fingerprint density at radius 3 is 2.39 bits per heavy atom. The van der Waals surface area contributed by atoms with Crippen molar-refractivity contribution in [2.45, 2.75) is 25.9 Å². The Labute approximate surface area is 118 Å². The highest BCUT2D eigenvalue weighted by Gasteiger charge is 2.15. The van der Waals surface area contributed by atoms with Crippen LogP contribution in [0.5, 0.6) is 0 Å². The van der Waals surface area contributed by atoms with Crippen molar-refractivity contribution in [1.82, 2.24) is 10.2 Å². The Hall–Kier alpha value is -0.350. The van der Waals surface area contributed by atoms with Gasteiger partial charge in [0.1, 0.15) is 5.82 Å². The van der Waals surface area contributed by atoms with E-state index in [0.29, 0.717) is 5.02 Å². The first-order chi connectivity index (χ1) is 8.31. The summed E-state index contributed by atoms with van der Waals surface area (Å²) < 4.78 is 13.4. The molecular weight excluding hydrogens is 274 g/mol. The summed E-state index contributed by atoms with van der Waals surface area (Å²) >= 11 is 11.8. The Morgan fingerprint density at radius 2 is 1.83 bits per heavy atom. The van der Waals surface area contributed by atoms with Crippen molar-refractivity contribution in [3.05, 3.63) is 33.6 Å². The molecule has 2 atom stereocenters. The van der Waals surface area contributed by atoms with Gasteiger partial charge in [0.25, 0.3) is 0 Å². The van der Waals surface area contributed by atoms with Crippen molar-refractivity contribution in [2.75, 3.05) is 20.6 Å². The molecule has 0 saturated carbocycles. The summed E-state index contributed by atoms with van der Waals surface area (Å²) in [4.78, 5) is 2.09. The zero-order chi connectivity index (χ0) is 13.9. The zero-order valence-electron chi connectivity index (χ0n) is 11.1. The Kier molecular flexibility index (Phi) is 5.86. The van der Waals surface area contributed by atoms with Crippen LogP contribution in [0.15, 0.2) is 12.1 Å². The maximum absolute atomic E-state index is 13.4. The van der Waals surface area contributed by atoms with Gasteiger partial charge in [-0.25, -0.2) is 4.39 Å². The van der Waals surface area contributed by atoms with E-state index in [1.54, 1.807) is 0 Å². The number of likely N-dealkylation sites (N-methyl/N-ethyl adjacent to an activating group) is 1. The summed E-state index contributed by atoms with van der Waals surface area (Å²) in [6.45, 7) is 4.94. The van der Waals surface area contributed by atoms with Crippen LogP contribution in [-0.2, 0) is 0 Å². The highest BCUT2D eigenvalue weighted by atomic mass is 35.5. The fourth-order valence-corrected chi connectivity index (χ4v) is 2.53. The van der Waals surface area contributed by atoms with E-state index in [1.807, 2.05) is 21.0 Å². The first-order valence-electron chi connectivity index (χ1n) is 5.86. The monoisotopic (exact) mass is 292 g/mol. The van der Waals surface area contributed by atoms with Gasteiger partial charge in [0, 0.05) is 23.7 Å². The van der Waals surface area contributed by atoms with E-state index < -0.39 is 5.82 Å². The van der Waals surface area contributed by atoms with E-state index in [2.05, 4.69) is 17.1 Å². The lowest BCUT2D eigenvalue weighted by Crippen LogP contribution is -2.37. The van der Waals surface area contributed by atoms with Crippen LogP contribution >= 0.6 is 23.2 Å². The minimum absolute atomic E-state index is 0.0285. The molecule has 102 valence electrons. The molecular formula is C13H19Cl2FN2. The number of hydrogen-bond acceptors (Lipinski definition) is 2. The predicted octanol–water partition coefficient (Wildman–Crippen LogP) is 3.73. The van der Waals surface area contributed by atoms with Crippen LogP contribution in [-0.4, -0.2) is 31.6 Å². The van der Waals surface area contributed by atoms with Crippen molar-refractivity contribution in [2.24, 2.45) is 0 Å². The van der Waals surface area contributed by atoms with Crippen LogP contribution in [0.1, 0.15) is 25.5 Å². The highest BCUT2D eigenvalue weighted by Crippen LogP contribution is 2.28. The molecule has 1 aromatic carbocycles. The minimum Gasteiger partial charge on any atom is -0.308 e. The van der Waals surface area contributed by atoms with Gasteiger partial charge >= 0.3 is 0 Å². The summed E-state index contributed by atoms with van der Waals surface area (Å²) in [7, 11) is 4.02. The Balaban J connectivity index is 2.78. The first kappa shape index (κ1) is 15.7. The lowest BCUT2D eigenvalue weighted by molar-refractivity contribution is 0.334. The molecule has 0 aliphatic carbocycles. The van der Waals surface area contributed by atoms with Gasteiger partial charge in [0.2, 0.25) is 0 Å². The first-order valence-corrected chi connectivity index (χ1v) is 6.62. The summed E-state index contributed by atoms with van der Waals surface area (Å²) in [6, 6.07) is 3.09. The average Bonchev–Trinajstić information content (AvgIpc) is 2.21. The van der Waals surface area contributed by atoms with E-state index in [0.717, 1.165) is 12.1 Å². The number of nitrogens with zero attached hydrogens (tertiary/aromatic N) is 1. The summed E-state index contributed by atoms with van der Waals surface area (Å²) in [6.07, 6.45) is 0. The predicted molar refractivity (Wildman–Crippen MR) is 76.0 cm³/mol. The lowest BCUT2D eigenvalue weighted by atomic mass is 10.1. The minimum atomic E-state index is -0.440. The molecule has 0 spiro atoms. The van der Waals surface area contributed by atoms with E-state index in [9.17, 15) is 4.39 Å². The molecule has 1 N–H and O–H groups in total. The van der Waals surface area contributed by atoms with Gasteiger partial charge in [-0.2, -0.15) is 0 Å². The maximum atomic E-state index is 13.4. The molecule has 0 bridgehead atoms. The molecule has 1 aromatic rings. The molecule has 1 rings (SSSR count). The third-order valence-electron chi connectivity index (χ3n) is 2.68. The second kappa shape index (κ2) is 6.71. The summed E-state index contributed by atoms with van der Waals surface area (Å²) in [5, 5.41) is 3.92. The Bertz CT molecular complexity index is 410. The van der Waals surface area contributed by atoms with Gasteiger partial charge in [0.05, 0.1) is 5.02 Å². The summed E-state index contributed by atoms with van der Waals surface area (Å²) in [5.74, 6) is -0.440. The van der Waals surface area contributed by atoms with Crippen LogP contribution in [0.2, 0.25) is 10.0 Å². The van der Waals surface area contributed by atoms with Crippen LogP contribution in [0.4, 0.5) is 4.39 Å². The molecule has 0 aliphatic heterocycles. The van der Waals surface area contributed by atoms with Gasteiger partial charge in [0.15, 0.2) is 0 Å². The van der Waals surface area contributed by atoms with Crippen LogP contribution in [0.3, 0.4) is 0 Å². The van der Waals surface area contributed by atoms with Gasteiger partial charge < -0.3 is 10.2 Å². The van der Waals surface area contributed by atoms with Gasteiger partial charge in [-0.1, -0.05) is 23.2 Å². The number of benzene rings is 1. The SMILES string of the molecule is CC(CN(C)C)NC(C)c1cc(F)c(Cl)cc1Cl. The normalized spacial score (nSPS) is 14.9. The molecule has 0 heterocycles. The van der Waals surface area contributed by atoms with E-state index in [4.69, 9.17) is 23.2 Å². The van der Waals surface area contributed by atoms with Crippen LogP contribution < -0.4 is 5.32 Å². The topological polar surface area (TPSA) is 15.3 Å². The quantitative estimate of drug-likeness (QED) is 0.832. The second-order valence-electron chi connectivity index (χ2n) is 4.84. The Morgan fingerprint density at radius 1 is 1.22 bits per heavy atom. The molecule has 0 amide bonds. The van der Waals surface area contributed by atoms with Crippen molar-refractivity contribution in [3.8, 4) is 0 Å². The van der Waals surface area contributed by atoms with E-state index in [1.165, 1.54) is 12.1 Å². The molecule has 5 heteroatoms. The number of hydrogen-bond donors (Lipinski definition) is 1. The largest absolute Gasteiger partial charge is 0.308 e. The van der Waals surface area contributed by atoms with Gasteiger partial charge in [-0.3, -0.25) is 0 Å². The molecule has 0 fully saturated rings. The average molecular weight is 293 g/mol. The lowest BCUT2D eigenvalue weighted by Gasteiger charge is -2.23. The second-order valence-corrected chi connectivity index (χ2v) is 5.65. The molecule has 18 heavy (non-hydrogen) atoms. The zero-order valence-corrected chi connectivity index (χ0v) is 12.6. The fraction of sp³-hybridized carbons (Fsp3) is 0.538. The molecule has 0 aromatic heterocycles. The summed E-state index contributed by atoms with van der Waals surface area (Å²) in [5.41, 5.74) is 0.726. The molecule has 0 aliphatic rings. The van der Waals surface area contributed by atoms with Crippen molar-refractivity contribution in [1.29, 1.82) is 0 Å². The molecule has 0 saturated heterocycles. The maximum Gasteiger partial charge on any atom is 0.142 e. The number of nitrogens with one attached hydrogen (secondary N) is 1. The number of halogens is 3.